The van der Waals surface area contributed by atoms with Crippen LogP contribution >= 0.6 is 39.4 Å². The topological polar surface area (TPSA) is 250 Å². The lowest BCUT2D eigenvalue weighted by molar-refractivity contribution is -0.241. The zero-order valence-electron chi connectivity index (χ0n) is 13.7. The minimum Gasteiger partial charge on any atom is -0.756 e. The summed E-state index contributed by atoms with van der Waals surface area (Å²) in [6, 6.07) is 0. The fourth-order valence-corrected chi connectivity index (χ4v) is 5.41. The summed E-state index contributed by atoms with van der Waals surface area (Å²) in [6.45, 7) is -0.979. The van der Waals surface area contributed by atoms with E-state index in [9.17, 15) is 38.2 Å². The fraction of sp³-hybridized carbons (Fsp3) is 0.556. The van der Waals surface area contributed by atoms with Crippen molar-refractivity contribution in [3.8, 4) is 0 Å². The maximum absolute atomic E-state index is 11.8. The summed E-state index contributed by atoms with van der Waals surface area (Å²) in [5.41, 5.74) is -1.59. The number of ether oxygens (including phenoxy) is 1. The predicted octanol–water partition coefficient (Wildman–Crippen LogP) is -1.97. The summed E-state index contributed by atoms with van der Waals surface area (Å²) < 4.78 is 50.2. The van der Waals surface area contributed by atoms with Crippen LogP contribution in [-0.4, -0.2) is 43.3 Å². The lowest BCUT2D eigenvalue weighted by Crippen LogP contribution is -2.32. The molecule has 29 heavy (non-hydrogen) atoms. The third-order valence-corrected chi connectivity index (χ3v) is 7.52. The zero-order chi connectivity index (χ0) is 22.2. The van der Waals surface area contributed by atoms with E-state index in [2.05, 4.69) is 29.1 Å². The fourth-order valence-electron chi connectivity index (χ4n) is 2.17. The first-order valence-corrected chi connectivity index (χ1v) is 12.4. The lowest BCUT2D eigenvalue weighted by atomic mass is 10.2. The Kier molecular flexibility index (Phi) is 7.62. The Hall–Kier alpha value is -0.510. The highest BCUT2D eigenvalue weighted by molar-refractivity contribution is 9.10. The van der Waals surface area contributed by atoms with Crippen LogP contribution in [0, 0.1) is 0 Å². The molecule has 0 saturated carbocycles. The van der Waals surface area contributed by atoms with Crippen molar-refractivity contribution in [2.24, 2.45) is 0 Å². The first-order chi connectivity index (χ1) is 13.1. The van der Waals surface area contributed by atoms with Crippen LogP contribution in [0.15, 0.2) is 20.3 Å². The molecular weight excluding hydrogens is 533 g/mol. The highest BCUT2D eigenvalue weighted by atomic mass is 79.9. The summed E-state index contributed by atoms with van der Waals surface area (Å²) in [5, 5.41) is 9.94. The summed E-state index contributed by atoms with van der Waals surface area (Å²) in [5.74, 6) is 0. The molecule has 1 aliphatic heterocycles. The van der Waals surface area contributed by atoms with Crippen LogP contribution in [0.4, 0.5) is 0 Å². The van der Waals surface area contributed by atoms with Gasteiger partial charge in [-0.05, 0) is 15.9 Å². The number of phosphoric ester groups is 1. The Bertz CT molecular complexity index is 1020. The van der Waals surface area contributed by atoms with E-state index in [1.165, 1.54) is 0 Å². The van der Waals surface area contributed by atoms with Gasteiger partial charge in [0.25, 0.3) is 21.2 Å². The van der Waals surface area contributed by atoms with Gasteiger partial charge in [-0.15, -0.1) is 0 Å². The van der Waals surface area contributed by atoms with Crippen molar-refractivity contribution in [1.29, 1.82) is 0 Å². The number of nitrogens with zero attached hydrogens (tertiary/aromatic N) is 1. The second-order valence-corrected chi connectivity index (χ2v) is 10.6. The third kappa shape index (κ3) is 7.29. The quantitative estimate of drug-likeness (QED) is 0.259. The van der Waals surface area contributed by atoms with E-state index in [0.717, 1.165) is 10.8 Å². The Morgan fingerprint density at radius 1 is 1.24 bits per heavy atom. The molecule has 0 aromatic carbocycles. The first-order valence-electron chi connectivity index (χ1n) is 7.18. The molecule has 1 fully saturated rings. The monoisotopic (exact) mass is 544 g/mol. The third-order valence-electron chi connectivity index (χ3n) is 3.24. The van der Waals surface area contributed by atoms with Crippen molar-refractivity contribution in [2.75, 3.05) is 6.61 Å². The van der Waals surface area contributed by atoms with Gasteiger partial charge < -0.3 is 33.9 Å². The average Bonchev–Trinajstić information content (AvgIpc) is 2.86. The molecular formula is C9H12BrN2O14P3-2. The lowest BCUT2D eigenvalue weighted by Gasteiger charge is -2.31. The van der Waals surface area contributed by atoms with Crippen LogP contribution in [0.3, 0.4) is 0 Å². The molecule has 0 radical (unpaired) electrons. The molecule has 4 N–H and O–H groups in total. The second-order valence-electron chi connectivity index (χ2n) is 5.42. The Morgan fingerprint density at radius 3 is 2.45 bits per heavy atom. The van der Waals surface area contributed by atoms with Crippen molar-refractivity contribution in [3.63, 3.8) is 0 Å². The molecule has 2 rings (SSSR count). The molecule has 16 nitrogen and oxygen atoms in total. The molecule has 5 atom stereocenters. The molecule has 1 aromatic rings. The van der Waals surface area contributed by atoms with Gasteiger partial charge in [-0.3, -0.25) is 23.5 Å². The molecule has 166 valence electrons. The number of halogens is 1. The van der Waals surface area contributed by atoms with Gasteiger partial charge in [-0.2, -0.15) is 0 Å². The summed E-state index contributed by atoms with van der Waals surface area (Å²) in [6.07, 6.45) is -3.02. The number of hydrogen-bond donors (Lipinski definition) is 4. The molecule has 20 heteroatoms. The standard InChI is InChI=1S/C9H14BrN2O14P3/c10-4-2-12(9(15)11-8(4)14)7-1-5(13)6(24-7)3-23-28(19,20)26-29(21,22)25-27(16,17)18/h2,5-7,13H,1,3H2,(H,19,20)(H,21,22)(H,11,14,15)(H2,16,17,18)/p-2. The van der Waals surface area contributed by atoms with E-state index in [0.29, 0.717) is 0 Å². The summed E-state index contributed by atoms with van der Waals surface area (Å²) >= 11 is 2.90. The van der Waals surface area contributed by atoms with Gasteiger partial charge in [-0.1, -0.05) is 0 Å². The van der Waals surface area contributed by atoms with E-state index in [1.54, 1.807) is 0 Å². The van der Waals surface area contributed by atoms with E-state index >= 15 is 0 Å². The first kappa shape index (κ1) is 24.8. The normalized spacial score (nSPS) is 26.8. The number of H-pyrrole nitrogens is 1. The van der Waals surface area contributed by atoms with E-state index in [1.807, 2.05) is 4.98 Å². The Morgan fingerprint density at radius 2 is 1.86 bits per heavy atom. The number of aliphatic hydroxyl groups is 1. The number of aromatic nitrogens is 2. The number of rotatable bonds is 8. The maximum Gasteiger partial charge on any atom is 0.476 e. The van der Waals surface area contributed by atoms with Gasteiger partial charge >= 0.3 is 13.5 Å². The predicted molar refractivity (Wildman–Crippen MR) is 88.9 cm³/mol. The van der Waals surface area contributed by atoms with Gasteiger partial charge in [0, 0.05) is 12.6 Å². The van der Waals surface area contributed by atoms with Crippen LogP contribution in [0.2, 0.25) is 0 Å². The van der Waals surface area contributed by atoms with Crippen LogP contribution in [0.25, 0.3) is 0 Å². The molecule has 2 heterocycles. The molecule has 0 amide bonds. The smallest absolute Gasteiger partial charge is 0.476 e. The van der Waals surface area contributed by atoms with Gasteiger partial charge in [0.1, 0.15) is 12.3 Å². The van der Waals surface area contributed by atoms with Crippen LogP contribution in [0.1, 0.15) is 12.6 Å². The minimum atomic E-state index is -5.99. The number of aliphatic hydroxyl groups excluding tert-OH is 1. The largest absolute Gasteiger partial charge is 0.756 e. The van der Waals surface area contributed by atoms with Crippen molar-refractivity contribution in [1.82, 2.24) is 9.55 Å². The SMILES string of the molecule is O=c1[nH]c(=O)n(C2CC(O)C(COP(=O)([O-])OP(=O)([O-])OP(=O)(O)O)O2)cc1Br. The molecule has 1 aromatic heterocycles. The zero-order valence-corrected chi connectivity index (χ0v) is 18.0. The maximum atomic E-state index is 11.8. The summed E-state index contributed by atoms with van der Waals surface area (Å²) in [4.78, 5) is 64.5. The molecule has 0 bridgehead atoms. The van der Waals surface area contributed by atoms with Crippen LogP contribution < -0.4 is 21.0 Å². The van der Waals surface area contributed by atoms with Crippen LogP contribution in [-0.2, 0) is 31.6 Å². The van der Waals surface area contributed by atoms with Crippen molar-refractivity contribution < 1.29 is 56.3 Å². The van der Waals surface area contributed by atoms with E-state index in [4.69, 9.17) is 14.5 Å². The van der Waals surface area contributed by atoms with Crippen LogP contribution in [0.5, 0.6) is 0 Å². The van der Waals surface area contributed by atoms with Crippen molar-refractivity contribution in [2.45, 2.75) is 24.9 Å². The second kappa shape index (κ2) is 8.93. The highest BCUT2D eigenvalue weighted by Crippen LogP contribution is 2.62. The number of nitrogens with one attached hydrogen (secondary N) is 1. The van der Waals surface area contributed by atoms with Gasteiger partial charge in [-0.25, -0.2) is 18.0 Å². The summed E-state index contributed by atoms with van der Waals surface area (Å²) in [7, 11) is -17.3. The highest BCUT2D eigenvalue weighted by Gasteiger charge is 2.37. The van der Waals surface area contributed by atoms with E-state index in [-0.39, 0.29) is 10.9 Å². The molecule has 5 unspecified atom stereocenters. The Labute approximate surface area is 168 Å². The molecule has 0 spiro atoms. The van der Waals surface area contributed by atoms with E-state index < -0.39 is 59.8 Å². The molecule has 0 aliphatic carbocycles. The minimum absolute atomic E-state index is 0.0244. The van der Waals surface area contributed by atoms with Crippen molar-refractivity contribution in [3.05, 3.63) is 31.5 Å². The van der Waals surface area contributed by atoms with Gasteiger partial charge in [0.15, 0.2) is 0 Å². The molecule has 1 saturated heterocycles. The number of hydrogen-bond acceptors (Lipinski definition) is 12. The average molecular weight is 545 g/mol. The number of phosphoric acid groups is 3. The van der Waals surface area contributed by atoms with Crippen molar-refractivity contribution >= 4 is 39.4 Å². The Balaban J connectivity index is 2.03. The van der Waals surface area contributed by atoms with Gasteiger partial charge in [0.2, 0.25) is 0 Å². The molecule has 1 aliphatic rings. The van der Waals surface area contributed by atoms with Gasteiger partial charge in [0.05, 0.1) is 17.2 Å². The number of aromatic amines is 1.